The molecule has 2 heterocycles. The Morgan fingerprint density at radius 2 is 1.95 bits per heavy atom. The van der Waals surface area contributed by atoms with Crippen molar-refractivity contribution in [2.24, 2.45) is 0 Å². The Balaban J connectivity index is 1.70. The van der Waals surface area contributed by atoms with Gasteiger partial charge in [-0.2, -0.15) is 4.31 Å². The Labute approximate surface area is 134 Å². The van der Waals surface area contributed by atoms with E-state index in [-0.39, 0.29) is 10.9 Å². The van der Waals surface area contributed by atoms with Gasteiger partial charge in [0, 0.05) is 30.5 Å². The number of hydrogen-bond acceptors (Lipinski definition) is 5. The fraction of sp³-hybridized carbons (Fsp3) is 0.286. The molecule has 3 rings (SSSR count). The van der Waals surface area contributed by atoms with E-state index >= 15 is 0 Å². The molecule has 8 heteroatoms. The predicted octanol–water partition coefficient (Wildman–Crippen LogP) is 1.92. The minimum Gasteiger partial charge on any atom is -0.349 e. The second-order valence-electron chi connectivity index (χ2n) is 5.15. The monoisotopic (exact) mass is 338 g/mol. The van der Waals surface area contributed by atoms with Crippen molar-refractivity contribution in [3.05, 3.63) is 47.2 Å². The molecule has 1 saturated heterocycles. The molecule has 0 bridgehead atoms. The summed E-state index contributed by atoms with van der Waals surface area (Å²) in [7, 11) is -3.51. The third-order valence-corrected chi connectivity index (χ3v) is 5.72. The summed E-state index contributed by atoms with van der Waals surface area (Å²) in [6.07, 6.45) is 3.27. The van der Waals surface area contributed by atoms with Crippen molar-refractivity contribution < 1.29 is 8.42 Å². The molecular formula is C14H15ClN4O2S. The van der Waals surface area contributed by atoms with Crippen LogP contribution in [0.4, 0.5) is 5.95 Å². The average molecular weight is 339 g/mol. The Morgan fingerprint density at radius 3 is 2.64 bits per heavy atom. The summed E-state index contributed by atoms with van der Waals surface area (Å²) < 4.78 is 26.6. The van der Waals surface area contributed by atoms with Crippen molar-refractivity contribution in [1.29, 1.82) is 0 Å². The van der Waals surface area contributed by atoms with Crippen LogP contribution in [0, 0.1) is 6.92 Å². The highest BCUT2D eigenvalue weighted by molar-refractivity contribution is 7.89. The van der Waals surface area contributed by atoms with Gasteiger partial charge in [0.25, 0.3) is 0 Å². The number of sulfonamides is 1. The number of hydrogen-bond donors (Lipinski definition) is 1. The maximum Gasteiger partial charge on any atom is 0.243 e. The van der Waals surface area contributed by atoms with E-state index in [1.54, 1.807) is 37.5 Å². The average Bonchev–Trinajstić information content (AvgIpc) is 2.45. The lowest BCUT2D eigenvalue weighted by Crippen LogP contribution is -2.57. The molecule has 2 aromatic rings. The van der Waals surface area contributed by atoms with Gasteiger partial charge in [0.2, 0.25) is 16.0 Å². The minimum atomic E-state index is -3.51. The van der Waals surface area contributed by atoms with E-state index in [4.69, 9.17) is 11.6 Å². The number of rotatable bonds is 4. The van der Waals surface area contributed by atoms with Crippen molar-refractivity contribution in [3.8, 4) is 0 Å². The molecule has 0 atom stereocenters. The number of nitrogens with zero attached hydrogens (tertiary/aromatic N) is 3. The number of aromatic nitrogens is 2. The van der Waals surface area contributed by atoms with Crippen molar-refractivity contribution in [1.82, 2.24) is 14.3 Å². The third-order valence-electron chi connectivity index (χ3n) is 3.52. The first-order chi connectivity index (χ1) is 10.5. The minimum absolute atomic E-state index is 0.0108. The fourth-order valence-corrected chi connectivity index (χ4v) is 4.29. The zero-order valence-electron chi connectivity index (χ0n) is 11.9. The smallest absolute Gasteiger partial charge is 0.243 e. The van der Waals surface area contributed by atoms with Gasteiger partial charge in [0.1, 0.15) is 0 Å². The van der Waals surface area contributed by atoms with Crippen LogP contribution < -0.4 is 5.32 Å². The Morgan fingerprint density at radius 1 is 1.27 bits per heavy atom. The molecule has 0 amide bonds. The van der Waals surface area contributed by atoms with E-state index in [1.807, 2.05) is 0 Å². The predicted molar refractivity (Wildman–Crippen MR) is 84.4 cm³/mol. The van der Waals surface area contributed by atoms with E-state index in [0.717, 1.165) is 0 Å². The largest absolute Gasteiger partial charge is 0.349 e. The number of benzene rings is 1. The molecule has 22 heavy (non-hydrogen) atoms. The van der Waals surface area contributed by atoms with Crippen LogP contribution in [0.25, 0.3) is 0 Å². The lowest BCUT2D eigenvalue weighted by Gasteiger charge is -2.38. The molecule has 1 aliphatic rings. The van der Waals surface area contributed by atoms with E-state index in [9.17, 15) is 8.42 Å². The molecule has 0 spiro atoms. The van der Waals surface area contributed by atoms with Gasteiger partial charge in [-0.15, -0.1) is 0 Å². The molecule has 1 aliphatic heterocycles. The molecule has 0 saturated carbocycles. The van der Waals surface area contributed by atoms with Gasteiger partial charge < -0.3 is 5.32 Å². The van der Waals surface area contributed by atoms with Crippen LogP contribution in [0.15, 0.2) is 41.6 Å². The van der Waals surface area contributed by atoms with Crippen LogP contribution in [-0.2, 0) is 10.0 Å². The number of nitrogens with one attached hydrogen (secondary N) is 1. The Kier molecular flexibility index (Phi) is 4.03. The Hall–Kier alpha value is -1.70. The number of aryl methyl sites for hydroxylation is 1. The van der Waals surface area contributed by atoms with Gasteiger partial charge >= 0.3 is 0 Å². The van der Waals surface area contributed by atoms with Gasteiger partial charge in [0.05, 0.1) is 10.9 Å². The molecule has 1 aromatic carbocycles. The van der Waals surface area contributed by atoms with Gasteiger partial charge in [0.15, 0.2) is 0 Å². The summed E-state index contributed by atoms with van der Waals surface area (Å²) in [5.74, 6) is 0.503. The van der Waals surface area contributed by atoms with Crippen LogP contribution in [0.2, 0.25) is 5.02 Å². The molecule has 1 fully saturated rings. The van der Waals surface area contributed by atoms with E-state index in [1.165, 1.54) is 10.4 Å². The van der Waals surface area contributed by atoms with Gasteiger partial charge in [-0.3, -0.25) is 0 Å². The second kappa shape index (κ2) is 5.83. The van der Waals surface area contributed by atoms with Crippen molar-refractivity contribution >= 4 is 27.6 Å². The first-order valence-corrected chi connectivity index (χ1v) is 8.58. The number of halogens is 1. The quantitative estimate of drug-likeness (QED) is 0.921. The molecule has 0 aliphatic carbocycles. The molecule has 1 aromatic heterocycles. The van der Waals surface area contributed by atoms with Crippen molar-refractivity contribution in [2.75, 3.05) is 18.4 Å². The molecule has 1 N–H and O–H groups in total. The summed E-state index contributed by atoms with van der Waals surface area (Å²) in [4.78, 5) is 8.39. The van der Waals surface area contributed by atoms with E-state index < -0.39 is 10.0 Å². The maximum absolute atomic E-state index is 12.6. The Bertz CT molecular complexity index is 777. The van der Waals surface area contributed by atoms with Crippen LogP contribution >= 0.6 is 11.6 Å². The van der Waals surface area contributed by atoms with Gasteiger partial charge in [-0.05, 0) is 30.7 Å². The summed E-state index contributed by atoms with van der Waals surface area (Å²) in [5, 5.41) is 3.52. The lowest BCUT2D eigenvalue weighted by molar-refractivity contribution is 0.280. The van der Waals surface area contributed by atoms with Crippen LogP contribution in [0.3, 0.4) is 0 Å². The lowest BCUT2D eigenvalue weighted by atomic mass is 10.2. The van der Waals surface area contributed by atoms with Crippen molar-refractivity contribution in [3.63, 3.8) is 0 Å². The highest BCUT2D eigenvalue weighted by atomic mass is 35.5. The SMILES string of the molecule is Cc1ccc(Cl)cc1S(=O)(=O)N1CC(Nc2ncccn2)C1. The first kappa shape index (κ1) is 15.2. The van der Waals surface area contributed by atoms with Gasteiger partial charge in [-0.25, -0.2) is 18.4 Å². The standard InChI is InChI=1S/C14H15ClN4O2S/c1-10-3-4-11(15)7-13(10)22(20,21)19-8-12(9-19)18-14-16-5-2-6-17-14/h2-7,12H,8-9H2,1H3,(H,16,17,18). The first-order valence-electron chi connectivity index (χ1n) is 6.76. The van der Waals surface area contributed by atoms with Crippen LogP contribution in [0.5, 0.6) is 0 Å². The molecule has 116 valence electrons. The highest BCUT2D eigenvalue weighted by Crippen LogP contribution is 2.27. The second-order valence-corrected chi connectivity index (χ2v) is 7.49. The summed E-state index contributed by atoms with van der Waals surface area (Å²) >= 11 is 5.91. The molecule has 0 unspecified atom stereocenters. The van der Waals surface area contributed by atoms with E-state index in [0.29, 0.717) is 29.6 Å². The van der Waals surface area contributed by atoms with Crippen LogP contribution in [-0.4, -0.2) is 41.8 Å². The molecular weight excluding hydrogens is 324 g/mol. The number of anilines is 1. The highest BCUT2D eigenvalue weighted by Gasteiger charge is 2.37. The van der Waals surface area contributed by atoms with Crippen LogP contribution in [0.1, 0.15) is 5.56 Å². The summed E-state index contributed by atoms with van der Waals surface area (Å²) in [6.45, 7) is 2.52. The van der Waals surface area contributed by atoms with Crippen molar-refractivity contribution in [2.45, 2.75) is 17.9 Å². The summed E-state index contributed by atoms with van der Waals surface area (Å²) in [6, 6.07) is 6.63. The fourth-order valence-electron chi connectivity index (χ4n) is 2.27. The normalized spacial score (nSPS) is 16.3. The zero-order valence-corrected chi connectivity index (χ0v) is 13.5. The molecule has 0 radical (unpaired) electrons. The van der Waals surface area contributed by atoms with Gasteiger partial charge in [-0.1, -0.05) is 17.7 Å². The molecule has 6 nitrogen and oxygen atoms in total. The third kappa shape index (κ3) is 2.92. The maximum atomic E-state index is 12.6. The zero-order chi connectivity index (χ0) is 15.7. The van der Waals surface area contributed by atoms with E-state index in [2.05, 4.69) is 15.3 Å². The summed E-state index contributed by atoms with van der Waals surface area (Å²) in [5.41, 5.74) is 0.687. The topological polar surface area (TPSA) is 75.2 Å².